The number of aromatic nitrogens is 5. The van der Waals surface area contributed by atoms with E-state index in [1.807, 2.05) is 67.0 Å². The van der Waals surface area contributed by atoms with E-state index in [0.29, 0.717) is 11.5 Å². The van der Waals surface area contributed by atoms with Crippen LogP contribution in [0.3, 0.4) is 0 Å². The van der Waals surface area contributed by atoms with Gasteiger partial charge in [0.1, 0.15) is 5.69 Å². The highest BCUT2D eigenvalue weighted by atomic mass is 15.1. The highest BCUT2D eigenvalue weighted by Crippen LogP contribution is 2.50. The highest BCUT2D eigenvalue weighted by Gasteiger charge is 2.36. The molecule has 0 spiro atoms. The van der Waals surface area contributed by atoms with Gasteiger partial charge in [0.05, 0.1) is 34.8 Å². The minimum absolute atomic E-state index is 0.0699. The second-order valence-electron chi connectivity index (χ2n) is 12.4. The Kier molecular flexibility index (Phi) is 5.78. The molecule has 8 aromatic rings. The monoisotopic (exact) mass is 591 g/mol. The quantitative estimate of drug-likeness (QED) is 0.204. The van der Waals surface area contributed by atoms with Crippen LogP contribution >= 0.6 is 0 Å². The molecule has 1 aliphatic rings. The van der Waals surface area contributed by atoms with Crippen molar-refractivity contribution in [3.05, 3.63) is 151 Å². The molecule has 5 aromatic carbocycles. The fraction of sp³-hybridized carbons (Fsp3) is 0.0732. The van der Waals surface area contributed by atoms with E-state index in [1.54, 1.807) is 0 Å². The molecule has 5 nitrogen and oxygen atoms in total. The van der Waals surface area contributed by atoms with Crippen molar-refractivity contribution in [3.63, 3.8) is 0 Å². The Morgan fingerprint density at radius 3 is 1.98 bits per heavy atom. The van der Waals surface area contributed by atoms with E-state index in [2.05, 4.69) is 91.2 Å². The second kappa shape index (κ2) is 10.0. The molecule has 0 aliphatic heterocycles. The van der Waals surface area contributed by atoms with Crippen LogP contribution in [0.25, 0.3) is 72.8 Å². The maximum absolute atomic E-state index is 5.01. The molecule has 218 valence electrons. The summed E-state index contributed by atoms with van der Waals surface area (Å²) in [5.41, 5.74) is 11.7. The number of nitrogens with zero attached hydrogens (tertiary/aromatic N) is 5. The highest BCUT2D eigenvalue weighted by molar-refractivity contribution is 6.11. The molecule has 0 amide bonds. The molecule has 0 saturated heterocycles. The molecule has 0 bridgehead atoms. The topological polar surface area (TPSA) is 56.5 Å². The number of hydrogen-bond acceptors (Lipinski definition) is 4. The van der Waals surface area contributed by atoms with E-state index in [1.165, 1.54) is 33.0 Å². The largest absolute Gasteiger partial charge is 0.292 e. The lowest BCUT2D eigenvalue weighted by molar-refractivity contribution is 0.661. The fourth-order valence-electron chi connectivity index (χ4n) is 7.03. The van der Waals surface area contributed by atoms with Gasteiger partial charge in [0.15, 0.2) is 11.6 Å². The third-order valence-electron chi connectivity index (χ3n) is 9.33. The summed E-state index contributed by atoms with van der Waals surface area (Å²) >= 11 is 0. The Labute approximate surface area is 266 Å². The van der Waals surface area contributed by atoms with Crippen molar-refractivity contribution in [2.24, 2.45) is 0 Å². The van der Waals surface area contributed by atoms with Gasteiger partial charge in [0, 0.05) is 27.3 Å². The summed E-state index contributed by atoms with van der Waals surface area (Å²) in [5.74, 6) is 1.42. The van der Waals surface area contributed by atoms with Gasteiger partial charge in [0.2, 0.25) is 0 Å². The van der Waals surface area contributed by atoms with Gasteiger partial charge in [-0.15, -0.1) is 0 Å². The van der Waals surface area contributed by atoms with Crippen LogP contribution in [0.2, 0.25) is 0 Å². The van der Waals surface area contributed by atoms with Gasteiger partial charge in [-0.2, -0.15) is 0 Å². The van der Waals surface area contributed by atoms with Crippen molar-refractivity contribution >= 4 is 21.8 Å². The molecule has 5 heteroatoms. The predicted octanol–water partition coefficient (Wildman–Crippen LogP) is 9.67. The van der Waals surface area contributed by atoms with Crippen molar-refractivity contribution < 1.29 is 0 Å². The van der Waals surface area contributed by atoms with E-state index < -0.39 is 0 Å². The molecule has 0 atom stereocenters. The summed E-state index contributed by atoms with van der Waals surface area (Å²) in [7, 11) is 0. The van der Waals surface area contributed by atoms with Crippen LogP contribution in [0.15, 0.2) is 140 Å². The molecule has 1 aliphatic carbocycles. The van der Waals surface area contributed by atoms with Crippen molar-refractivity contribution in [1.29, 1.82) is 0 Å². The van der Waals surface area contributed by atoms with E-state index in [4.69, 9.17) is 19.9 Å². The molecular formula is C41H29N5. The standard InChI is InChI=1S/C41H29N5/c1-41(2)32-19-11-9-17-28(32)30-22-38-31(21-33(30)41)29-18-10-12-20-37(29)46(38)39-25-42-36(24-43-39)35-23-34(26-13-5-3-6-14-26)44-40(45-35)27-15-7-4-8-16-27/h3-25H,1-2H3. The number of rotatable bonds is 4. The van der Waals surface area contributed by atoms with Crippen LogP contribution in [0.1, 0.15) is 25.0 Å². The van der Waals surface area contributed by atoms with E-state index in [9.17, 15) is 0 Å². The first-order chi connectivity index (χ1) is 22.6. The van der Waals surface area contributed by atoms with Gasteiger partial charge in [-0.1, -0.05) is 117 Å². The maximum Gasteiger partial charge on any atom is 0.160 e. The molecule has 0 radical (unpaired) electrons. The SMILES string of the molecule is CC1(C)c2ccccc2-c2cc3c(cc21)c1ccccc1n3-c1cnc(-c2cc(-c3ccccc3)nc(-c3ccccc3)n2)cn1. The lowest BCUT2D eigenvalue weighted by atomic mass is 9.82. The molecule has 3 heterocycles. The van der Waals surface area contributed by atoms with Crippen LogP contribution in [0, 0.1) is 0 Å². The normalized spacial score (nSPS) is 13.2. The Hall–Kier alpha value is -5.94. The average molecular weight is 592 g/mol. The number of hydrogen-bond donors (Lipinski definition) is 0. The summed E-state index contributed by atoms with van der Waals surface area (Å²) < 4.78 is 2.24. The first-order valence-electron chi connectivity index (χ1n) is 15.6. The summed E-state index contributed by atoms with van der Waals surface area (Å²) in [6.07, 6.45) is 3.69. The second-order valence-corrected chi connectivity index (χ2v) is 12.4. The fourth-order valence-corrected chi connectivity index (χ4v) is 7.03. The van der Waals surface area contributed by atoms with Crippen LogP contribution in [-0.4, -0.2) is 24.5 Å². The Bertz CT molecular complexity index is 2370. The summed E-state index contributed by atoms with van der Waals surface area (Å²) in [6, 6.07) is 44.3. The Morgan fingerprint density at radius 1 is 0.500 bits per heavy atom. The van der Waals surface area contributed by atoms with Crippen molar-refractivity contribution in [1.82, 2.24) is 24.5 Å². The van der Waals surface area contributed by atoms with E-state index in [-0.39, 0.29) is 5.41 Å². The Balaban J connectivity index is 1.21. The van der Waals surface area contributed by atoms with Gasteiger partial charge >= 0.3 is 0 Å². The van der Waals surface area contributed by atoms with Crippen molar-refractivity contribution in [3.8, 4) is 51.0 Å². The summed E-state index contributed by atoms with van der Waals surface area (Å²) in [6.45, 7) is 4.65. The molecule has 0 unspecified atom stereocenters. The van der Waals surface area contributed by atoms with Gasteiger partial charge in [0.25, 0.3) is 0 Å². The lowest BCUT2D eigenvalue weighted by Crippen LogP contribution is -2.14. The van der Waals surface area contributed by atoms with Crippen LogP contribution in [0.4, 0.5) is 0 Å². The number of para-hydroxylation sites is 1. The van der Waals surface area contributed by atoms with Gasteiger partial charge in [-0.3, -0.25) is 4.57 Å². The third-order valence-corrected chi connectivity index (χ3v) is 9.33. The molecule has 9 rings (SSSR count). The van der Waals surface area contributed by atoms with Crippen LogP contribution in [-0.2, 0) is 5.41 Å². The molecule has 0 fully saturated rings. The first kappa shape index (κ1) is 26.5. The summed E-state index contributed by atoms with van der Waals surface area (Å²) in [5, 5.41) is 2.42. The molecule has 46 heavy (non-hydrogen) atoms. The first-order valence-corrected chi connectivity index (χ1v) is 15.6. The van der Waals surface area contributed by atoms with Crippen LogP contribution < -0.4 is 0 Å². The Morgan fingerprint density at radius 2 is 1.20 bits per heavy atom. The summed E-state index contributed by atoms with van der Waals surface area (Å²) in [4.78, 5) is 19.8. The average Bonchev–Trinajstić information content (AvgIpc) is 3.56. The minimum atomic E-state index is -0.0699. The smallest absolute Gasteiger partial charge is 0.160 e. The number of fused-ring (bicyclic) bond motifs is 6. The van der Waals surface area contributed by atoms with E-state index in [0.717, 1.165) is 39.4 Å². The van der Waals surface area contributed by atoms with E-state index >= 15 is 0 Å². The lowest BCUT2D eigenvalue weighted by Gasteiger charge is -2.21. The minimum Gasteiger partial charge on any atom is -0.292 e. The van der Waals surface area contributed by atoms with Crippen molar-refractivity contribution in [2.45, 2.75) is 19.3 Å². The zero-order valence-electron chi connectivity index (χ0n) is 25.5. The van der Waals surface area contributed by atoms with Gasteiger partial charge in [-0.25, -0.2) is 19.9 Å². The molecule has 0 saturated carbocycles. The molecular weight excluding hydrogens is 562 g/mol. The third kappa shape index (κ3) is 4.02. The van der Waals surface area contributed by atoms with Crippen molar-refractivity contribution in [2.75, 3.05) is 0 Å². The molecule has 0 N–H and O–H groups in total. The van der Waals surface area contributed by atoms with Gasteiger partial charge in [-0.05, 0) is 46.5 Å². The van der Waals surface area contributed by atoms with Crippen LogP contribution in [0.5, 0.6) is 0 Å². The predicted molar refractivity (Wildman–Crippen MR) is 186 cm³/mol. The van der Waals surface area contributed by atoms with Gasteiger partial charge < -0.3 is 0 Å². The zero-order valence-corrected chi connectivity index (χ0v) is 25.5. The zero-order chi connectivity index (χ0) is 30.8. The molecule has 3 aromatic heterocycles. The maximum atomic E-state index is 5.01. The number of benzene rings is 5.